The molecule has 0 radical (unpaired) electrons. The van der Waals surface area contributed by atoms with E-state index in [2.05, 4.69) is 23.3 Å². The van der Waals surface area contributed by atoms with Crippen molar-refractivity contribution in [2.45, 2.75) is 26.3 Å². The fourth-order valence-electron chi connectivity index (χ4n) is 1.22. The Bertz CT molecular complexity index is 297. The van der Waals surface area contributed by atoms with Crippen LogP contribution in [-0.4, -0.2) is 22.6 Å². The van der Waals surface area contributed by atoms with Gasteiger partial charge in [-0.05, 0) is 13.0 Å². The van der Waals surface area contributed by atoms with Gasteiger partial charge >= 0.3 is 0 Å². The second-order valence-electron chi connectivity index (χ2n) is 3.20. The zero-order chi connectivity index (χ0) is 10.2. The van der Waals surface area contributed by atoms with Crippen molar-refractivity contribution in [1.29, 1.82) is 5.26 Å². The summed E-state index contributed by atoms with van der Waals surface area (Å²) < 4.78 is 1.80. The van der Waals surface area contributed by atoms with Crippen LogP contribution in [0.5, 0.6) is 0 Å². The third kappa shape index (κ3) is 3.58. The Balaban J connectivity index is 2.26. The van der Waals surface area contributed by atoms with Gasteiger partial charge in [-0.1, -0.05) is 6.92 Å². The van der Waals surface area contributed by atoms with Crippen molar-refractivity contribution in [3.63, 3.8) is 0 Å². The summed E-state index contributed by atoms with van der Waals surface area (Å²) >= 11 is 0. The number of rotatable bonds is 6. The number of hydrogen-bond donors (Lipinski definition) is 1. The summed E-state index contributed by atoms with van der Waals surface area (Å²) in [5, 5.41) is 11.8. The van der Waals surface area contributed by atoms with Crippen molar-refractivity contribution >= 4 is 0 Å². The molecule has 0 atom stereocenters. The number of aromatic nitrogens is 2. The van der Waals surface area contributed by atoms with Gasteiger partial charge in [0.05, 0.1) is 18.1 Å². The summed E-state index contributed by atoms with van der Waals surface area (Å²) in [6.45, 7) is 4.54. The first-order valence-electron chi connectivity index (χ1n) is 4.95. The Morgan fingerprint density at radius 2 is 2.43 bits per heavy atom. The van der Waals surface area contributed by atoms with E-state index in [9.17, 15) is 0 Å². The van der Waals surface area contributed by atoms with Gasteiger partial charge < -0.3 is 9.88 Å². The summed E-state index contributed by atoms with van der Waals surface area (Å²) in [7, 11) is 0. The van der Waals surface area contributed by atoms with Crippen LogP contribution in [0.25, 0.3) is 0 Å². The highest BCUT2D eigenvalue weighted by atomic mass is 15.0. The van der Waals surface area contributed by atoms with E-state index in [-0.39, 0.29) is 0 Å². The fourth-order valence-corrected chi connectivity index (χ4v) is 1.22. The van der Waals surface area contributed by atoms with Crippen LogP contribution in [0.3, 0.4) is 0 Å². The molecule has 0 unspecified atom stereocenters. The Labute approximate surface area is 84.6 Å². The lowest BCUT2D eigenvalue weighted by Gasteiger charge is -1.99. The van der Waals surface area contributed by atoms with Crippen LogP contribution in [0.2, 0.25) is 0 Å². The zero-order valence-corrected chi connectivity index (χ0v) is 8.53. The molecule has 1 aromatic heterocycles. The molecule has 1 aromatic rings. The summed E-state index contributed by atoms with van der Waals surface area (Å²) in [6.07, 6.45) is 5.72. The molecule has 0 aliphatic heterocycles. The molecule has 0 saturated heterocycles. The van der Waals surface area contributed by atoms with E-state index in [1.165, 1.54) is 0 Å². The van der Waals surface area contributed by atoms with Crippen molar-refractivity contribution in [2.75, 3.05) is 13.1 Å². The lowest BCUT2D eigenvalue weighted by Crippen LogP contribution is -2.17. The molecule has 1 heterocycles. The van der Waals surface area contributed by atoms with Gasteiger partial charge in [-0.25, -0.2) is 4.98 Å². The number of nitrogens with one attached hydrogen (secondary N) is 1. The van der Waals surface area contributed by atoms with Crippen molar-refractivity contribution in [3.8, 4) is 6.07 Å². The van der Waals surface area contributed by atoms with E-state index in [1.54, 1.807) is 10.9 Å². The maximum Gasteiger partial charge on any atom is 0.111 e. The van der Waals surface area contributed by atoms with Crippen LogP contribution in [0.15, 0.2) is 12.5 Å². The third-order valence-corrected chi connectivity index (χ3v) is 1.92. The van der Waals surface area contributed by atoms with Gasteiger partial charge in [0.25, 0.3) is 0 Å². The molecule has 14 heavy (non-hydrogen) atoms. The smallest absolute Gasteiger partial charge is 0.111 e. The molecule has 0 aromatic carbocycles. The van der Waals surface area contributed by atoms with E-state index in [0.717, 1.165) is 31.6 Å². The molecular formula is C10H16N4. The maximum atomic E-state index is 8.46. The lowest BCUT2D eigenvalue weighted by molar-refractivity contribution is 0.666. The molecule has 1 N–H and O–H groups in total. The topological polar surface area (TPSA) is 53.6 Å². The largest absolute Gasteiger partial charge is 0.323 e. The zero-order valence-electron chi connectivity index (χ0n) is 8.53. The van der Waals surface area contributed by atoms with Gasteiger partial charge in [-0.2, -0.15) is 5.26 Å². The minimum Gasteiger partial charge on any atom is -0.323 e. The number of hydrogen-bond acceptors (Lipinski definition) is 3. The molecule has 4 heteroatoms. The maximum absolute atomic E-state index is 8.46. The summed E-state index contributed by atoms with van der Waals surface area (Å²) in [4.78, 5) is 4.20. The standard InChI is InChI=1S/C10H16N4/c1-2-5-12-6-3-10-8-14(7-4-11)9-13-10/h8-9,12H,2-3,5-7H2,1H3. The SMILES string of the molecule is CCCNCCc1cn(CC#N)cn1. The third-order valence-electron chi connectivity index (χ3n) is 1.92. The predicted octanol–water partition coefficient (Wildman–Crippen LogP) is 0.949. The van der Waals surface area contributed by atoms with E-state index >= 15 is 0 Å². The Morgan fingerprint density at radius 3 is 3.14 bits per heavy atom. The van der Waals surface area contributed by atoms with E-state index < -0.39 is 0 Å². The molecule has 0 bridgehead atoms. The predicted molar refractivity (Wildman–Crippen MR) is 54.7 cm³/mol. The summed E-state index contributed by atoms with van der Waals surface area (Å²) in [5.74, 6) is 0. The number of nitrogens with zero attached hydrogens (tertiary/aromatic N) is 3. The monoisotopic (exact) mass is 192 g/mol. The Hall–Kier alpha value is -1.34. The molecule has 0 amide bonds. The first-order chi connectivity index (χ1) is 6.86. The van der Waals surface area contributed by atoms with Crippen LogP contribution in [-0.2, 0) is 13.0 Å². The van der Waals surface area contributed by atoms with E-state index in [4.69, 9.17) is 5.26 Å². The van der Waals surface area contributed by atoms with Crippen LogP contribution in [0.4, 0.5) is 0 Å². The van der Waals surface area contributed by atoms with Gasteiger partial charge in [-0.3, -0.25) is 0 Å². The van der Waals surface area contributed by atoms with E-state index in [0.29, 0.717) is 6.54 Å². The van der Waals surface area contributed by atoms with Crippen LogP contribution >= 0.6 is 0 Å². The van der Waals surface area contributed by atoms with Gasteiger partial charge in [-0.15, -0.1) is 0 Å². The molecule has 0 aliphatic rings. The van der Waals surface area contributed by atoms with Crippen molar-refractivity contribution < 1.29 is 0 Å². The number of imidazole rings is 1. The summed E-state index contributed by atoms with van der Waals surface area (Å²) in [5.41, 5.74) is 1.05. The average Bonchev–Trinajstić information content (AvgIpc) is 2.61. The van der Waals surface area contributed by atoms with Gasteiger partial charge in [0, 0.05) is 19.2 Å². The molecule has 0 aliphatic carbocycles. The molecule has 0 spiro atoms. The van der Waals surface area contributed by atoms with Crippen LogP contribution < -0.4 is 5.32 Å². The highest BCUT2D eigenvalue weighted by Gasteiger charge is 1.97. The number of nitriles is 1. The molecule has 0 saturated carbocycles. The van der Waals surface area contributed by atoms with Gasteiger partial charge in [0.1, 0.15) is 6.54 Å². The van der Waals surface area contributed by atoms with Crippen molar-refractivity contribution in [3.05, 3.63) is 18.2 Å². The average molecular weight is 192 g/mol. The van der Waals surface area contributed by atoms with Crippen LogP contribution in [0, 0.1) is 11.3 Å². The van der Waals surface area contributed by atoms with E-state index in [1.807, 2.05) is 6.20 Å². The minimum absolute atomic E-state index is 0.384. The fraction of sp³-hybridized carbons (Fsp3) is 0.600. The van der Waals surface area contributed by atoms with Crippen LogP contribution in [0.1, 0.15) is 19.0 Å². The normalized spacial score (nSPS) is 10.0. The molecule has 1 rings (SSSR count). The molecular weight excluding hydrogens is 176 g/mol. The molecule has 0 fully saturated rings. The van der Waals surface area contributed by atoms with Gasteiger partial charge in [0.15, 0.2) is 0 Å². The van der Waals surface area contributed by atoms with Crippen molar-refractivity contribution in [1.82, 2.24) is 14.9 Å². The van der Waals surface area contributed by atoms with Crippen molar-refractivity contribution in [2.24, 2.45) is 0 Å². The summed E-state index contributed by atoms with van der Waals surface area (Å²) in [6, 6.07) is 2.08. The second kappa shape index (κ2) is 6.17. The minimum atomic E-state index is 0.384. The molecule has 4 nitrogen and oxygen atoms in total. The highest BCUT2D eigenvalue weighted by molar-refractivity contribution is 4.98. The quantitative estimate of drug-likeness (QED) is 0.683. The second-order valence-corrected chi connectivity index (χ2v) is 3.20. The first-order valence-corrected chi connectivity index (χ1v) is 4.95. The Kier molecular flexibility index (Phi) is 4.73. The lowest BCUT2D eigenvalue weighted by atomic mass is 10.3. The first kappa shape index (κ1) is 10.7. The highest BCUT2D eigenvalue weighted by Crippen LogP contribution is 1.96. The molecule has 76 valence electrons. The van der Waals surface area contributed by atoms with Gasteiger partial charge in [0.2, 0.25) is 0 Å². The Morgan fingerprint density at radius 1 is 1.57 bits per heavy atom.